The quantitative estimate of drug-likeness (QED) is 0.584. The lowest BCUT2D eigenvalue weighted by molar-refractivity contribution is 0.303. The molecule has 3 nitrogen and oxygen atoms in total. The van der Waals surface area contributed by atoms with Crippen LogP contribution in [0.1, 0.15) is 24.0 Å². The maximum atomic E-state index is 6.07. The van der Waals surface area contributed by atoms with Crippen molar-refractivity contribution in [1.82, 2.24) is 9.55 Å². The topological polar surface area (TPSA) is 27.1 Å². The molecule has 0 spiro atoms. The number of aryl methyl sites for hydroxylation is 3. The van der Waals surface area contributed by atoms with E-state index in [0.29, 0.717) is 11.6 Å². The van der Waals surface area contributed by atoms with Gasteiger partial charge >= 0.3 is 0 Å². The lowest BCUT2D eigenvalue weighted by atomic mass is 10.1. The van der Waals surface area contributed by atoms with Crippen LogP contribution >= 0.6 is 11.6 Å². The molecular weight excluding hydrogens is 308 g/mol. The van der Waals surface area contributed by atoms with Crippen LogP contribution in [0.25, 0.3) is 11.0 Å². The summed E-state index contributed by atoms with van der Waals surface area (Å²) >= 11 is 6.07. The molecule has 0 amide bonds. The number of hydrogen-bond acceptors (Lipinski definition) is 2. The van der Waals surface area contributed by atoms with E-state index in [9.17, 15) is 0 Å². The van der Waals surface area contributed by atoms with E-state index < -0.39 is 0 Å². The van der Waals surface area contributed by atoms with Crippen molar-refractivity contribution in [3.8, 4) is 5.75 Å². The Morgan fingerprint density at radius 3 is 2.70 bits per heavy atom. The molecule has 1 aromatic heterocycles. The molecule has 0 aliphatic carbocycles. The first-order valence-electron chi connectivity index (χ1n) is 7.94. The van der Waals surface area contributed by atoms with Crippen molar-refractivity contribution in [3.63, 3.8) is 0 Å². The normalized spacial score (nSPS) is 11.1. The summed E-state index contributed by atoms with van der Waals surface area (Å²) in [4.78, 5) is 4.49. The number of benzene rings is 2. The van der Waals surface area contributed by atoms with Crippen LogP contribution in [-0.2, 0) is 6.54 Å². The van der Waals surface area contributed by atoms with Crippen molar-refractivity contribution in [1.29, 1.82) is 0 Å². The molecule has 0 radical (unpaired) electrons. The zero-order valence-corrected chi connectivity index (χ0v) is 14.3. The Bertz CT molecular complexity index is 810. The standard InChI is InChI=1S/C19H21ClN2O/c1-14-11-17-18(12-15(14)2)22(13-21-17)9-5-6-10-23-19-8-4-3-7-16(19)20/h3-4,7-8,11-13H,5-6,9-10H2,1-2H3. The first-order valence-corrected chi connectivity index (χ1v) is 8.32. The summed E-state index contributed by atoms with van der Waals surface area (Å²) in [5, 5.41) is 0.666. The van der Waals surface area contributed by atoms with Crippen LogP contribution in [0.4, 0.5) is 0 Å². The van der Waals surface area contributed by atoms with Gasteiger partial charge in [0.1, 0.15) is 5.75 Å². The molecule has 0 atom stereocenters. The average Bonchev–Trinajstić information content (AvgIpc) is 2.91. The Hall–Kier alpha value is -2.00. The summed E-state index contributed by atoms with van der Waals surface area (Å²) in [5.41, 5.74) is 4.87. The second kappa shape index (κ2) is 7.05. The van der Waals surface area contributed by atoms with Crippen LogP contribution < -0.4 is 4.74 Å². The van der Waals surface area contributed by atoms with E-state index in [1.54, 1.807) is 0 Å². The van der Waals surface area contributed by atoms with Crippen molar-refractivity contribution in [2.75, 3.05) is 6.61 Å². The van der Waals surface area contributed by atoms with Gasteiger partial charge in [0.05, 0.1) is 29.0 Å². The molecule has 120 valence electrons. The SMILES string of the molecule is Cc1cc2ncn(CCCCOc3ccccc3Cl)c2cc1C. The third-order valence-corrected chi connectivity index (χ3v) is 4.44. The highest BCUT2D eigenvalue weighted by molar-refractivity contribution is 6.32. The molecule has 0 saturated heterocycles. The third-order valence-electron chi connectivity index (χ3n) is 4.12. The molecule has 3 aromatic rings. The van der Waals surface area contributed by atoms with Gasteiger partial charge in [-0.1, -0.05) is 23.7 Å². The molecule has 23 heavy (non-hydrogen) atoms. The number of hydrogen-bond donors (Lipinski definition) is 0. The Kier molecular flexibility index (Phi) is 4.87. The zero-order valence-electron chi connectivity index (χ0n) is 13.6. The minimum atomic E-state index is 0.666. The van der Waals surface area contributed by atoms with Crippen LogP contribution in [0.15, 0.2) is 42.7 Å². The van der Waals surface area contributed by atoms with Gasteiger partial charge in [-0.25, -0.2) is 4.98 Å². The Balaban J connectivity index is 1.53. The van der Waals surface area contributed by atoms with Crippen molar-refractivity contribution < 1.29 is 4.74 Å². The van der Waals surface area contributed by atoms with E-state index in [-0.39, 0.29) is 0 Å². The van der Waals surface area contributed by atoms with Gasteiger partial charge in [0, 0.05) is 6.54 Å². The molecule has 3 rings (SSSR count). The lowest BCUT2D eigenvalue weighted by Crippen LogP contribution is -2.02. The molecule has 0 fully saturated rings. The number of nitrogens with zero attached hydrogens (tertiary/aromatic N) is 2. The van der Waals surface area contributed by atoms with Gasteiger partial charge in [-0.3, -0.25) is 0 Å². The zero-order chi connectivity index (χ0) is 16.2. The third kappa shape index (κ3) is 3.67. The molecular formula is C19H21ClN2O. The smallest absolute Gasteiger partial charge is 0.137 e. The molecule has 0 unspecified atom stereocenters. The number of fused-ring (bicyclic) bond motifs is 1. The summed E-state index contributed by atoms with van der Waals surface area (Å²) in [5.74, 6) is 0.758. The fraction of sp³-hybridized carbons (Fsp3) is 0.316. The van der Waals surface area contributed by atoms with E-state index in [1.165, 1.54) is 16.6 Å². The van der Waals surface area contributed by atoms with Gasteiger partial charge in [0.2, 0.25) is 0 Å². The van der Waals surface area contributed by atoms with Crippen molar-refractivity contribution >= 4 is 22.6 Å². The second-order valence-electron chi connectivity index (χ2n) is 5.85. The summed E-state index contributed by atoms with van der Waals surface area (Å²) in [7, 11) is 0. The summed E-state index contributed by atoms with van der Waals surface area (Å²) < 4.78 is 7.94. The molecule has 4 heteroatoms. The highest BCUT2D eigenvalue weighted by atomic mass is 35.5. The van der Waals surface area contributed by atoms with Crippen molar-refractivity contribution in [2.45, 2.75) is 33.2 Å². The van der Waals surface area contributed by atoms with E-state index in [0.717, 1.165) is 30.7 Å². The number of imidazole rings is 1. The highest BCUT2D eigenvalue weighted by Crippen LogP contribution is 2.23. The van der Waals surface area contributed by atoms with Gasteiger partial charge in [0.15, 0.2) is 0 Å². The van der Waals surface area contributed by atoms with Gasteiger partial charge in [-0.05, 0) is 62.1 Å². The van der Waals surface area contributed by atoms with Crippen LogP contribution in [0.3, 0.4) is 0 Å². The number of para-hydroxylation sites is 1. The van der Waals surface area contributed by atoms with Gasteiger partial charge in [0.25, 0.3) is 0 Å². The van der Waals surface area contributed by atoms with Gasteiger partial charge in [-0.15, -0.1) is 0 Å². The summed E-state index contributed by atoms with van der Waals surface area (Å²) in [6.45, 7) is 5.89. The molecule has 1 heterocycles. The number of rotatable bonds is 6. The maximum Gasteiger partial charge on any atom is 0.137 e. The number of aromatic nitrogens is 2. The fourth-order valence-corrected chi connectivity index (χ4v) is 2.81. The molecule has 0 aliphatic rings. The predicted octanol–water partition coefficient (Wildman–Crippen LogP) is 5.17. The Morgan fingerprint density at radius 1 is 1.09 bits per heavy atom. The van der Waals surface area contributed by atoms with E-state index in [1.807, 2.05) is 30.6 Å². The van der Waals surface area contributed by atoms with E-state index in [2.05, 4.69) is 35.5 Å². The van der Waals surface area contributed by atoms with Crippen molar-refractivity contribution in [3.05, 3.63) is 58.9 Å². The molecule has 0 aliphatic heterocycles. The van der Waals surface area contributed by atoms with Gasteiger partial charge in [-0.2, -0.15) is 0 Å². The Labute approximate surface area is 141 Å². The van der Waals surface area contributed by atoms with Crippen LogP contribution in [0, 0.1) is 13.8 Å². The fourth-order valence-electron chi connectivity index (χ4n) is 2.62. The first-order chi connectivity index (χ1) is 11.1. The van der Waals surface area contributed by atoms with Gasteiger partial charge < -0.3 is 9.30 Å². The van der Waals surface area contributed by atoms with Crippen molar-refractivity contribution in [2.24, 2.45) is 0 Å². The summed E-state index contributed by atoms with van der Waals surface area (Å²) in [6.07, 6.45) is 3.96. The lowest BCUT2D eigenvalue weighted by Gasteiger charge is -2.08. The Morgan fingerprint density at radius 2 is 1.87 bits per heavy atom. The maximum absolute atomic E-state index is 6.07. The van der Waals surface area contributed by atoms with Crippen LogP contribution in [0.5, 0.6) is 5.75 Å². The van der Waals surface area contributed by atoms with Crippen LogP contribution in [0.2, 0.25) is 5.02 Å². The second-order valence-corrected chi connectivity index (χ2v) is 6.26. The largest absolute Gasteiger partial charge is 0.492 e. The minimum absolute atomic E-state index is 0.666. The highest BCUT2D eigenvalue weighted by Gasteiger charge is 2.05. The molecule has 2 aromatic carbocycles. The number of unbranched alkanes of at least 4 members (excludes halogenated alkanes) is 1. The number of ether oxygens (including phenoxy) is 1. The number of halogens is 1. The minimum Gasteiger partial charge on any atom is -0.492 e. The van der Waals surface area contributed by atoms with E-state index in [4.69, 9.17) is 16.3 Å². The molecule has 0 saturated carbocycles. The first kappa shape index (κ1) is 15.9. The molecule has 0 bridgehead atoms. The van der Waals surface area contributed by atoms with Crippen LogP contribution in [-0.4, -0.2) is 16.2 Å². The average molecular weight is 329 g/mol. The summed E-state index contributed by atoms with van der Waals surface area (Å²) in [6, 6.07) is 12.0. The van der Waals surface area contributed by atoms with E-state index >= 15 is 0 Å². The molecule has 0 N–H and O–H groups in total. The monoisotopic (exact) mass is 328 g/mol. The predicted molar refractivity (Wildman–Crippen MR) is 95.4 cm³/mol.